The van der Waals surface area contributed by atoms with Crippen LogP contribution in [0.3, 0.4) is 0 Å². The third-order valence-corrected chi connectivity index (χ3v) is 4.12. The summed E-state index contributed by atoms with van der Waals surface area (Å²) in [5.41, 5.74) is 2.18. The van der Waals surface area contributed by atoms with Gasteiger partial charge in [-0.25, -0.2) is 9.97 Å². The van der Waals surface area contributed by atoms with Crippen LogP contribution in [0.25, 0.3) is 0 Å². The fourth-order valence-electron chi connectivity index (χ4n) is 2.14. The second-order valence-electron chi connectivity index (χ2n) is 4.84. The van der Waals surface area contributed by atoms with E-state index in [9.17, 15) is 0 Å². The minimum Gasteiger partial charge on any atom is -0.369 e. The molecule has 2 rings (SSSR count). The molecule has 0 saturated carbocycles. The number of anilines is 1. The largest absolute Gasteiger partial charge is 0.369 e. The number of aromatic nitrogens is 2. The summed E-state index contributed by atoms with van der Waals surface area (Å²) in [6.45, 7) is 5.04. The Hall–Kier alpha value is -1.13. The maximum atomic E-state index is 6.04. The molecule has 0 fully saturated rings. The smallest absolute Gasteiger partial charge is 0.144 e. The molecule has 2 aromatic rings. The predicted octanol–water partition coefficient (Wildman–Crippen LogP) is 4.87. The van der Waals surface area contributed by atoms with Gasteiger partial charge in [-0.1, -0.05) is 37.1 Å². The van der Waals surface area contributed by atoms with Gasteiger partial charge in [-0.2, -0.15) is 0 Å². The highest BCUT2D eigenvalue weighted by Crippen LogP contribution is 2.25. The summed E-state index contributed by atoms with van der Waals surface area (Å²) >= 11 is 9.64. The second kappa shape index (κ2) is 7.76. The average molecular weight is 369 g/mol. The van der Waals surface area contributed by atoms with Crippen molar-refractivity contribution in [2.75, 3.05) is 11.9 Å². The van der Waals surface area contributed by atoms with Crippen LogP contribution in [0.5, 0.6) is 0 Å². The van der Waals surface area contributed by atoms with Crippen LogP contribution in [-0.4, -0.2) is 16.5 Å². The lowest BCUT2D eigenvalue weighted by Gasteiger charge is -2.12. The van der Waals surface area contributed by atoms with E-state index in [2.05, 4.69) is 45.1 Å². The predicted molar refractivity (Wildman–Crippen MR) is 92.1 cm³/mol. The van der Waals surface area contributed by atoms with E-state index < -0.39 is 0 Å². The number of nitrogens with zero attached hydrogens (tertiary/aromatic N) is 2. The number of nitrogens with one attached hydrogen (secondary N) is 1. The monoisotopic (exact) mass is 367 g/mol. The molecule has 0 amide bonds. The average Bonchev–Trinajstić information content (AvgIpc) is 2.44. The summed E-state index contributed by atoms with van der Waals surface area (Å²) in [5.74, 6) is 1.69. The SMILES string of the molecule is CCCc1nc(Cc2cccc(Cl)c2)nc(NCC)c1Br. The Labute approximate surface area is 139 Å². The van der Waals surface area contributed by atoms with E-state index in [0.717, 1.165) is 51.8 Å². The van der Waals surface area contributed by atoms with Crippen LogP contribution in [0.4, 0.5) is 5.82 Å². The molecule has 112 valence electrons. The van der Waals surface area contributed by atoms with Gasteiger partial charge in [-0.05, 0) is 47.0 Å². The van der Waals surface area contributed by atoms with Crippen LogP contribution in [0.2, 0.25) is 5.02 Å². The van der Waals surface area contributed by atoms with Gasteiger partial charge in [0.25, 0.3) is 0 Å². The zero-order valence-corrected chi connectivity index (χ0v) is 14.6. The topological polar surface area (TPSA) is 37.8 Å². The first-order valence-electron chi connectivity index (χ1n) is 7.17. The quantitative estimate of drug-likeness (QED) is 0.790. The van der Waals surface area contributed by atoms with E-state index in [1.165, 1.54) is 0 Å². The number of rotatable bonds is 6. The molecule has 0 spiro atoms. The van der Waals surface area contributed by atoms with Crippen LogP contribution in [-0.2, 0) is 12.8 Å². The van der Waals surface area contributed by atoms with Gasteiger partial charge in [0.05, 0.1) is 10.2 Å². The van der Waals surface area contributed by atoms with Gasteiger partial charge in [0.15, 0.2) is 0 Å². The van der Waals surface area contributed by atoms with Gasteiger partial charge in [0, 0.05) is 18.0 Å². The Morgan fingerprint density at radius 3 is 2.71 bits per heavy atom. The fourth-order valence-corrected chi connectivity index (χ4v) is 2.87. The van der Waals surface area contributed by atoms with E-state index in [0.29, 0.717) is 6.42 Å². The van der Waals surface area contributed by atoms with Crippen molar-refractivity contribution in [2.24, 2.45) is 0 Å². The summed E-state index contributed by atoms with van der Waals surface area (Å²) < 4.78 is 0.973. The molecule has 0 aliphatic carbocycles. The minimum atomic E-state index is 0.683. The third kappa shape index (κ3) is 4.42. The second-order valence-corrected chi connectivity index (χ2v) is 6.07. The summed E-state index contributed by atoms with van der Waals surface area (Å²) in [6.07, 6.45) is 2.67. The lowest BCUT2D eigenvalue weighted by molar-refractivity contribution is 0.834. The molecule has 0 bridgehead atoms. The van der Waals surface area contributed by atoms with E-state index in [1.54, 1.807) is 0 Å². The molecular weight excluding hydrogens is 350 g/mol. The maximum absolute atomic E-state index is 6.04. The van der Waals surface area contributed by atoms with Crippen molar-refractivity contribution in [1.82, 2.24) is 9.97 Å². The van der Waals surface area contributed by atoms with Gasteiger partial charge in [0.2, 0.25) is 0 Å². The fraction of sp³-hybridized carbons (Fsp3) is 0.375. The molecule has 0 unspecified atom stereocenters. The van der Waals surface area contributed by atoms with Crippen molar-refractivity contribution in [3.8, 4) is 0 Å². The maximum Gasteiger partial charge on any atom is 0.144 e. The highest BCUT2D eigenvalue weighted by molar-refractivity contribution is 9.10. The molecular formula is C16H19BrClN3. The molecule has 1 aromatic carbocycles. The van der Waals surface area contributed by atoms with Crippen molar-refractivity contribution in [3.63, 3.8) is 0 Å². The molecule has 0 aliphatic rings. The van der Waals surface area contributed by atoms with Crippen LogP contribution in [0.1, 0.15) is 37.4 Å². The molecule has 0 saturated heterocycles. The van der Waals surface area contributed by atoms with Crippen LogP contribution in [0, 0.1) is 0 Å². The molecule has 0 radical (unpaired) electrons. The Morgan fingerprint density at radius 2 is 2.05 bits per heavy atom. The zero-order valence-electron chi connectivity index (χ0n) is 12.3. The van der Waals surface area contributed by atoms with E-state index in [1.807, 2.05) is 24.3 Å². The number of benzene rings is 1. The highest BCUT2D eigenvalue weighted by Gasteiger charge is 2.12. The molecule has 21 heavy (non-hydrogen) atoms. The molecule has 1 heterocycles. The van der Waals surface area contributed by atoms with Crippen molar-refractivity contribution in [1.29, 1.82) is 0 Å². The van der Waals surface area contributed by atoms with Gasteiger partial charge >= 0.3 is 0 Å². The normalized spacial score (nSPS) is 10.7. The summed E-state index contributed by atoms with van der Waals surface area (Å²) in [6, 6.07) is 7.83. The number of hydrogen-bond acceptors (Lipinski definition) is 3. The Kier molecular flexibility index (Phi) is 6.00. The number of aryl methyl sites for hydroxylation is 1. The molecule has 3 nitrogen and oxygen atoms in total. The number of hydrogen-bond donors (Lipinski definition) is 1. The molecule has 1 aromatic heterocycles. The van der Waals surface area contributed by atoms with Crippen molar-refractivity contribution < 1.29 is 0 Å². The highest BCUT2D eigenvalue weighted by atomic mass is 79.9. The molecule has 0 atom stereocenters. The summed E-state index contributed by atoms with van der Waals surface area (Å²) in [7, 11) is 0. The van der Waals surface area contributed by atoms with Crippen molar-refractivity contribution in [2.45, 2.75) is 33.1 Å². The lowest BCUT2D eigenvalue weighted by atomic mass is 10.1. The van der Waals surface area contributed by atoms with Gasteiger partial charge in [-0.15, -0.1) is 0 Å². The van der Waals surface area contributed by atoms with Crippen LogP contribution < -0.4 is 5.32 Å². The van der Waals surface area contributed by atoms with Gasteiger partial charge in [-0.3, -0.25) is 0 Å². The third-order valence-electron chi connectivity index (χ3n) is 3.05. The zero-order chi connectivity index (χ0) is 15.2. The molecule has 1 N–H and O–H groups in total. The Balaban J connectivity index is 2.33. The van der Waals surface area contributed by atoms with Crippen molar-refractivity contribution in [3.05, 3.63) is 50.8 Å². The Bertz CT molecular complexity index is 589. The Morgan fingerprint density at radius 1 is 1.24 bits per heavy atom. The van der Waals surface area contributed by atoms with Crippen LogP contribution >= 0.6 is 27.5 Å². The number of halogens is 2. The molecule has 5 heteroatoms. The first-order valence-corrected chi connectivity index (χ1v) is 8.34. The lowest BCUT2D eigenvalue weighted by Crippen LogP contribution is -2.08. The van der Waals surface area contributed by atoms with E-state index in [4.69, 9.17) is 11.6 Å². The van der Waals surface area contributed by atoms with E-state index >= 15 is 0 Å². The first kappa shape index (κ1) is 16.2. The summed E-state index contributed by atoms with van der Waals surface area (Å²) in [5, 5.41) is 4.03. The van der Waals surface area contributed by atoms with Crippen molar-refractivity contribution >= 4 is 33.3 Å². The first-order chi connectivity index (χ1) is 10.1. The summed E-state index contributed by atoms with van der Waals surface area (Å²) in [4.78, 5) is 9.31. The standard InChI is InChI=1S/C16H19BrClN3/c1-3-6-13-15(17)16(19-4-2)21-14(20-13)10-11-7-5-8-12(18)9-11/h5,7-9H,3-4,6,10H2,1-2H3,(H,19,20,21). The van der Waals surface area contributed by atoms with Gasteiger partial charge < -0.3 is 5.32 Å². The van der Waals surface area contributed by atoms with E-state index in [-0.39, 0.29) is 0 Å². The van der Waals surface area contributed by atoms with Crippen LogP contribution in [0.15, 0.2) is 28.7 Å². The minimum absolute atomic E-state index is 0.683. The molecule has 0 aliphatic heterocycles. The van der Waals surface area contributed by atoms with Gasteiger partial charge in [0.1, 0.15) is 11.6 Å².